The van der Waals surface area contributed by atoms with E-state index in [-0.39, 0.29) is 12.2 Å². The molecule has 0 radical (unpaired) electrons. The van der Waals surface area contributed by atoms with Gasteiger partial charge in [0.25, 0.3) is 10.2 Å². The molecule has 130 valence electrons. The lowest BCUT2D eigenvalue weighted by Gasteiger charge is -2.36. The fourth-order valence-electron chi connectivity index (χ4n) is 2.75. The third-order valence-electron chi connectivity index (χ3n) is 3.96. The van der Waals surface area contributed by atoms with E-state index >= 15 is 0 Å². The molecule has 1 saturated heterocycles. The molecule has 1 aromatic rings. The highest BCUT2D eigenvalue weighted by atomic mass is 32.2. The Labute approximate surface area is 139 Å². The summed E-state index contributed by atoms with van der Waals surface area (Å²) in [6, 6.07) is 7.92. The Morgan fingerprint density at radius 3 is 2.09 bits per heavy atom. The van der Waals surface area contributed by atoms with Crippen LogP contribution in [0.25, 0.3) is 0 Å². The highest BCUT2D eigenvalue weighted by Crippen LogP contribution is 2.19. The smallest absolute Gasteiger partial charge is 0.282 e. The van der Waals surface area contributed by atoms with E-state index < -0.39 is 10.2 Å². The zero-order valence-corrected chi connectivity index (χ0v) is 15.4. The van der Waals surface area contributed by atoms with Gasteiger partial charge >= 0.3 is 0 Å². The molecular weight excluding hydrogens is 314 g/mol. The van der Waals surface area contributed by atoms with E-state index in [0.717, 1.165) is 11.3 Å². The van der Waals surface area contributed by atoms with E-state index in [4.69, 9.17) is 4.74 Å². The number of rotatable bonds is 5. The van der Waals surface area contributed by atoms with Crippen LogP contribution in [0.2, 0.25) is 0 Å². The monoisotopic (exact) mass is 341 g/mol. The molecule has 7 heteroatoms. The van der Waals surface area contributed by atoms with Gasteiger partial charge in [0.1, 0.15) is 0 Å². The van der Waals surface area contributed by atoms with Crippen LogP contribution in [0.3, 0.4) is 0 Å². The van der Waals surface area contributed by atoms with Crippen molar-refractivity contribution in [3.8, 4) is 0 Å². The minimum Gasteiger partial charge on any atom is -0.378 e. The zero-order chi connectivity index (χ0) is 17.2. The van der Waals surface area contributed by atoms with Gasteiger partial charge in [-0.1, -0.05) is 12.1 Å². The molecule has 0 unspecified atom stereocenters. The lowest BCUT2D eigenvalue weighted by Crippen LogP contribution is -2.52. The molecule has 0 aromatic heterocycles. The molecule has 0 spiro atoms. The van der Waals surface area contributed by atoms with Crippen molar-refractivity contribution in [3.63, 3.8) is 0 Å². The summed E-state index contributed by atoms with van der Waals surface area (Å²) in [4.78, 5) is 2.01. The zero-order valence-electron chi connectivity index (χ0n) is 14.6. The van der Waals surface area contributed by atoms with Crippen molar-refractivity contribution >= 4 is 15.9 Å². The summed E-state index contributed by atoms with van der Waals surface area (Å²) >= 11 is 0. The highest BCUT2D eigenvalue weighted by molar-refractivity contribution is 7.86. The van der Waals surface area contributed by atoms with Gasteiger partial charge < -0.3 is 9.64 Å². The van der Waals surface area contributed by atoms with Gasteiger partial charge in [0, 0.05) is 46.5 Å². The van der Waals surface area contributed by atoms with Crippen LogP contribution >= 0.6 is 0 Å². The van der Waals surface area contributed by atoms with E-state index in [2.05, 4.69) is 0 Å². The third kappa shape index (κ3) is 4.44. The highest BCUT2D eigenvalue weighted by Gasteiger charge is 2.33. The molecule has 6 nitrogen and oxygen atoms in total. The summed E-state index contributed by atoms with van der Waals surface area (Å²) < 4.78 is 34.0. The first-order valence-electron chi connectivity index (χ1n) is 7.83. The Morgan fingerprint density at radius 2 is 1.61 bits per heavy atom. The lowest BCUT2D eigenvalue weighted by atomic mass is 10.2. The molecule has 0 saturated carbocycles. The van der Waals surface area contributed by atoms with Crippen LogP contribution in [0.15, 0.2) is 24.3 Å². The van der Waals surface area contributed by atoms with Gasteiger partial charge in [-0.3, -0.25) is 0 Å². The molecule has 2 rings (SSSR count). The number of benzene rings is 1. The minimum atomic E-state index is -3.48. The fourth-order valence-corrected chi connectivity index (χ4v) is 4.26. The van der Waals surface area contributed by atoms with Crippen LogP contribution in [0.1, 0.15) is 19.4 Å². The van der Waals surface area contributed by atoms with Crippen molar-refractivity contribution < 1.29 is 13.2 Å². The topological polar surface area (TPSA) is 53.1 Å². The van der Waals surface area contributed by atoms with Crippen molar-refractivity contribution in [3.05, 3.63) is 29.8 Å². The van der Waals surface area contributed by atoms with Crippen molar-refractivity contribution in [1.82, 2.24) is 8.61 Å². The molecular formula is C16H27N3O3S. The predicted octanol–water partition coefficient (Wildman–Crippen LogP) is 1.54. The number of ether oxygens (including phenoxy) is 1. The Bertz CT molecular complexity index is 606. The van der Waals surface area contributed by atoms with E-state index in [1.165, 1.54) is 8.61 Å². The van der Waals surface area contributed by atoms with Gasteiger partial charge in [-0.25, -0.2) is 0 Å². The maximum atomic E-state index is 12.7. The molecule has 1 aliphatic rings. The normalized spacial score (nSPS) is 23.2. The largest absolute Gasteiger partial charge is 0.378 e. The Balaban J connectivity index is 2.07. The molecule has 1 heterocycles. The number of anilines is 1. The van der Waals surface area contributed by atoms with E-state index in [1.807, 2.05) is 57.1 Å². The maximum Gasteiger partial charge on any atom is 0.282 e. The van der Waals surface area contributed by atoms with Gasteiger partial charge in [0.15, 0.2) is 0 Å². The Morgan fingerprint density at radius 1 is 1.09 bits per heavy atom. The van der Waals surface area contributed by atoms with Crippen LogP contribution in [-0.4, -0.2) is 63.5 Å². The van der Waals surface area contributed by atoms with Crippen LogP contribution in [0.5, 0.6) is 0 Å². The summed E-state index contributed by atoms with van der Waals surface area (Å²) in [5.41, 5.74) is 2.06. The molecule has 0 bridgehead atoms. The first kappa shape index (κ1) is 18.2. The molecule has 23 heavy (non-hydrogen) atoms. The van der Waals surface area contributed by atoms with Gasteiger partial charge in [0.2, 0.25) is 0 Å². The maximum absolute atomic E-state index is 12.7. The molecule has 0 aliphatic carbocycles. The number of hydrogen-bond acceptors (Lipinski definition) is 4. The molecule has 0 N–H and O–H groups in total. The van der Waals surface area contributed by atoms with Crippen molar-refractivity contribution in [2.45, 2.75) is 32.6 Å². The standard InChI is InChI=1S/C16H27N3O3S/c1-13-10-19(11-14(2)22-13)23(20,21)18(5)12-15-6-8-16(9-7-15)17(3)4/h6-9,13-14H,10-12H2,1-5H3/t13-,14+. The summed E-state index contributed by atoms with van der Waals surface area (Å²) in [6.45, 7) is 4.96. The summed E-state index contributed by atoms with van der Waals surface area (Å²) in [5, 5.41) is 0. The molecule has 2 atom stereocenters. The average molecular weight is 341 g/mol. The molecule has 1 aliphatic heterocycles. The van der Waals surface area contributed by atoms with Crippen molar-refractivity contribution in [2.75, 3.05) is 39.1 Å². The van der Waals surface area contributed by atoms with E-state index in [0.29, 0.717) is 19.6 Å². The second kappa shape index (κ2) is 7.17. The molecule has 0 amide bonds. The Hall–Kier alpha value is -1.15. The minimum absolute atomic E-state index is 0.0821. The fraction of sp³-hybridized carbons (Fsp3) is 0.625. The van der Waals surface area contributed by atoms with E-state index in [9.17, 15) is 8.42 Å². The average Bonchev–Trinajstić information content (AvgIpc) is 2.46. The van der Waals surface area contributed by atoms with Crippen LogP contribution in [-0.2, 0) is 21.5 Å². The van der Waals surface area contributed by atoms with Crippen LogP contribution < -0.4 is 4.90 Å². The predicted molar refractivity (Wildman–Crippen MR) is 92.7 cm³/mol. The SMILES string of the molecule is C[C@@H]1CN(S(=O)(=O)N(C)Cc2ccc(N(C)C)cc2)C[C@H](C)O1. The number of morpholine rings is 1. The second-order valence-electron chi connectivity index (χ2n) is 6.40. The van der Waals surface area contributed by atoms with Crippen LogP contribution in [0, 0.1) is 0 Å². The van der Waals surface area contributed by atoms with Gasteiger partial charge in [-0.2, -0.15) is 17.0 Å². The summed E-state index contributed by atoms with van der Waals surface area (Å²) in [6.07, 6.45) is -0.164. The van der Waals surface area contributed by atoms with Crippen LogP contribution in [0.4, 0.5) is 5.69 Å². The lowest BCUT2D eigenvalue weighted by molar-refractivity contribution is -0.0453. The number of nitrogens with zero attached hydrogens (tertiary/aromatic N) is 3. The Kier molecular flexibility index (Phi) is 5.67. The van der Waals surface area contributed by atoms with Crippen molar-refractivity contribution in [2.24, 2.45) is 0 Å². The second-order valence-corrected chi connectivity index (χ2v) is 8.43. The van der Waals surface area contributed by atoms with Gasteiger partial charge in [-0.05, 0) is 31.5 Å². The first-order valence-corrected chi connectivity index (χ1v) is 9.23. The summed E-state index contributed by atoms with van der Waals surface area (Å²) in [7, 11) is 2.11. The van der Waals surface area contributed by atoms with Gasteiger partial charge in [0.05, 0.1) is 12.2 Å². The third-order valence-corrected chi connectivity index (χ3v) is 5.83. The van der Waals surface area contributed by atoms with Gasteiger partial charge in [-0.15, -0.1) is 0 Å². The molecule has 1 fully saturated rings. The van der Waals surface area contributed by atoms with Crippen molar-refractivity contribution in [1.29, 1.82) is 0 Å². The first-order chi connectivity index (χ1) is 10.7. The quantitative estimate of drug-likeness (QED) is 0.815. The molecule has 1 aromatic carbocycles. The summed E-state index contributed by atoms with van der Waals surface area (Å²) in [5.74, 6) is 0. The number of hydrogen-bond donors (Lipinski definition) is 0. The van der Waals surface area contributed by atoms with E-state index in [1.54, 1.807) is 7.05 Å².